The average molecular weight is 277 g/mol. The van der Waals surface area contributed by atoms with Crippen LogP contribution in [0.3, 0.4) is 0 Å². The molecule has 1 saturated heterocycles. The van der Waals surface area contributed by atoms with Crippen molar-refractivity contribution in [2.24, 2.45) is 0 Å². The molecular formula is C15H23N3O2. The first-order valence-corrected chi connectivity index (χ1v) is 7.23. The van der Waals surface area contributed by atoms with Gasteiger partial charge >= 0.3 is 0 Å². The van der Waals surface area contributed by atoms with E-state index in [4.69, 9.17) is 0 Å². The Balaban J connectivity index is 1.95. The highest BCUT2D eigenvalue weighted by Crippen LogP contribution is 2.24. The predicted octanol–water partition coefficient (Wildman–Crippen LogP) is 3.19. The molecule has 5 heteroatoms. The number of hydrogen-bond donors (Lipinski definition) is 1. The Morgan fingerprint density at radius 2 is 2.00 bits per heavy atom. The second-order valence-corrected chi connectivity index (χ2v) is 5.81. The van der Waals surface area contributed by atoms with E-state index in [1.807, 2.05) is 6.07 Å². The summed E-state index contributed by atoms with van der Waals surface area (Å²) in [5.74, 6) is 0. The van der Waals surface area contributed by atoms with E-state index in [0.29, 0.717) is 17.6 Å². The summed E-state index contributed by atoms with van der Waals surface area (Å²) in [5.41, 5.74) is 1.88. The SMILES string of the molecule is Cc1cc(NC2CCN(C(C)C)CC2)ccc1[N+](=O)[O-]. The van der Waals surface area contributed by atoms with Gasteiger partial charge in [-0.2, -0.15) is 0 Å². The number of likely N-dealkylation sites (tertiary alicyclic amines) is 1. The smallest absolute Gasteiger partial charge is 0.272 e. The van der Waals surface area contributed by atoms with E-state index >= 15 is 0 Å². The van der Waals surface area contributed by atoms with Gasteiger partial charge in [-0.1, -0.05) is 0 Å². The Labute approximate surface area is 120 Å². The Morgan fingerprint density at radius 1 is 1.35 bits per heavy atom. The standard InChI is InChI=1S/C15H23N3O2/c1-11(2)17-8-6-13(7-9-17)16-14-4-5-15(18(19)20)12(3)10-14/h4-5,10-11,13,16H,6-9H2,1-3H3. The Bertz CT molecular complexity index is 480. The number of hydrogen-bond acceptors (Lipinski definition) is 4. The van der Waals surface area contributed by atoms with E-state index in [9.17, 15) is 10.1 Å². The molecule has 0 bridgehead atoms. The third-order valence-electron chi connectivity index (χ3n) is 4.02. The Hall–Kier alpha value is -1.62. The molecule has 1 aromatic rings. The van der Waals surface area contributed by atoms with Crippen LogP contribution < -0.4 is 5.32 Å². The van der Waals surface area contributed by atoms with E-state index in [1.165, 1.54) is 0 Å². The molecule has 0 aromatic heterocycles. The molecule has 5 nitrogen and oxygen atoms in total. The van der Waals surface area contributed by atoms with Crippen molar-refractivity contribution in [1.29, 1.82) is 0 Å². The van der Waals surface area contributed by atoms with Gasteiger partial charge in [0.15, 0.2) is 0 Å². The number of nitro groups is 1. The van der Waals surface area contributed by atoms with Crippen molar-refractivity contribution in [3.05, 3.63) is 33.9 Å². The summed E-state index contributed by atoms with van der Waals surface area (Å²) in [6.45, 7) is 8.47. The second-order valence-electron chi connectivity index (χ2n) is 5.81. The number of nitro benzene ring substituents is 1. The molecule has 2 rings (SSSR count). The van der Waals surface area contributed by atoms with Gasteiger partial charge in [-0.25, -0.2) is 0 Å². The molecule has 0 atom stereocenters. The minimum absolute atomic E-state index is 0.185. The van der Waals surface area contributed by atoms with E-state index in [0.717, 1.165) is 31.6 Å². The van der Waals surface area contributed by atoms with Crippen LogP contribution in [0, 0.1) is 17.0 Å². The predicted molar refractivity (Wildman–Crippen MR) is 81.2 cm³/mol. The van der Waals surface area contributed by atoms with E-state index in [2.05, 4.69) is 24.1 Å². The summed E-state index contributed by atoms with van der Waals surface area (Å²) in [6, 6.07) is 6.33. The molecule has 0 radical (unpaired) electrons. The van der Waals surface area contributed by atoms with Gasteiger partial charge in [-0.3, -0.25) is 10.1 Å². The van der Waals surface area contributed by atoms with Crippen LogP contribution in [0.2, 0.25) is 0 Å². The zero-order valence-electron chi connectivity index (χ0n) is 12.4. The van der Waals surface area contributed by atoms with Crippen molar-refractivity contribution < 1.29 is 4.92 Å². The van der Waals surface area contributed by atoms with Gasteiger partial charge in [0, 0.05) is 42.5 Å². The number of piperidine rings is 1. The Morgan fingerprint density at radius 3 is 2.50 bits per heavy atom. The van der Waals surface area contributed by atoms with Crippen molar-refractivity contribution in [2.45, 2.75) is 45.7 Å². The van der Waals surface area contributed by atoms with Crippen LogP contribution in [0.4, 0.5) is 11.4 Å². The van der Waals surface area contributed by atoms with Gasteiger partial charge in [0.2, 0.25) is 0 Å². The first-order chi connectivity index (χ1) is 9.47. The molecule has 1 N–H and O–H groups in total. The number of rotatable bonds is 4. The molecule has 0 unspecified atom stereocenters. The van der Waals surface area contributed by atoms with Gasteiger partial charge in [0.1, 0.15) is 0 Å². The van der Waals surface area contributed by atoms with E-state index < -0.39 is 0 Å². The molecule has 110 valence electrons. The highest BCUT2D eigenvalue weighted by Gasteiger charge is 2.21. The van der Waals surface area contributed by atoms with Crippen LogP contribution in [0.1, 0.15) is 32.3 Å². The molecule has 1 aromatic carbocycles. The number of nitrogens with one attached hydrogen (secondary N) is 1. The van der Waals surface area contributed by atoms with E-state index in [-0.39, 0.29) is 10.6 Å². The molecule has 0 saturated carbocycles. The minimum Gasteiger partial charge on any atom is -0.382 e. The second kappa shape index (κ2) is 6.22. The van der Waals surface area contributed by atoms with Gasteiger partial charge in [0.25, 0.3) is 5.69 Å². The molecule has 20 heavy (non-hydrogen) atoms. The number of anilines is 1. The van der Waals surface area contributed by atoms with Crippen LogP contribution in [-0.4, -0.2) is 35.0 Å². The molecule has 0 amide bonds. The molecule has 1 aliphatic heterocycles. The third-order valence-corrected chi connectivity index (χ3v) is 4.02. The first-order valence-electron chi connectivity index (χ1n) is 7.23. The molecule has 0 spiro atoms. The first kappa shape index (κ1) is 14.8. The van der Waals surface area contributed by atoms with Crippen LogP contribution in [-0.2, 0) is 0 Å². The van der Waals surface area contributed by atoms with Crippen LogP contribution in [0.25, 0.3) is 0 Å². The normalized spacial score (nSPS) is 17.4. The van der Waals surface area contributed by atoms with Crippen molar-refractivity contribution in [2.75, 3.05) is 18.4 Å². The fourth-order valence-electron chi connectivity index (χ4n) is 2.75. The van der Waals surface area contributed by atoms with Crippen LogP contribution in [0.15, 0.2) is 18.2 Å². The summed E-state index contributed by atoms with van der Waals surface area (Å²) in [6.07, 6.45) is 2.24. The lowest BCUT2D eigenvalue weighted by Crippen LogP contribution is -2.42. The average Bonchev–Trinajstić information content (AvgIpc) is 2.39. The zero-order valence-corrected chi connectivity index (χ0v) is 12.4. The van der Waals surface area contributed by atoms with Crippen molar-refractivity contribution in [1.82, 2.24) is 4.90 Å². The fraction of sp³-hybridized carbons (Fsp3) is 0.600. The van der Waals surface area contributed by atoms with Crippen molar-refractivity contribution in [3.8, 4) is 0 Å². The molecule has 1 heterocycles. The number of aryl methyl sites for hydroxylation is 1. The third kappa shape index (κ3) is 3.48. The van der Waals surface area contributed by atoms with Crippen molar-refractivity contribution >= 4 is 11.4 Å². The maximum Gasteiger partial charge on any atom is 0.272 e. The van der Waals surface area contributed by atoms with Crippen LogP contribution in [0.5, 0.6) is 0 Å². The lowest BCUT2D eigenvalue weighted by atomic mass is 10.0. The van der Waals surface area contributed by atoms with E-state index in [1.54, 1.807) is 19.1 Å². The zero-order chi connectivity index (χ0) is 14.7. The lowest BCUT2D eigenvalue weighted by Gasteiger charge is -2.35. The maximum atomic E-state index is 10.8. The molecular weight excluding hydrogens is 254 g/mol. The summed E-state index contributed by atoms with van der Waals surface area (Å²) in [5, 5.41) is 14.3. The quantitative estimate of drug-likeness (QED) is 0.678. The summed E-state index contributed by atoms with van der Waals surface area (Å²) >= 11 is 0. The summed E-state index contributed by atoms with van der Waals surface area (Å²) in [4.78, 5) is 13.0. The Kier molecular flexibility index (Phi) is 4.60. The fourth-order valence-corrected chi connectivity index (χ4v) is 2.75. The summed E-state index contributed by atoms with van der Waals surface area (Å²) in [7, 11) is 0. The lowest BCUT2D eigenvalue weighted by molar-refractivity contribution is -0.385. The molecule has 1 fully saturated rings. The van der Waals surface area contributed by atoms with Crippen molar-refractivity contribution in [3.63, 3.8) is 0 Å². The number of nitrogens with zero attached hydrogens (tertiary/aromatic N) is 2. The van der Waals surface area contributed by atoms with Gasteiger partial charge in [-0.15, -0.1) is 0 Å². The van der Waals surface area contributed by atoms with Crippen LogP contribution >= 0.6 is 0 Å². The largest absolute Gasteiger partial charge is 0.382 e. The monoisotopic (exact) mass is 277 g/mol. The molecule has 1 aliphatic rings. The van der Waals surface area contributed by atoms with Gasteiger partial charge in [0.05, 0.1) is 4.92 Å². The maximum absolute atomic E-state index is 10.8. The highest BCUT2D eigenvalue weighted by atomic mass is 16.6. The summed E-state index contributed by atoms with van der Waals surface area (Å²) < 4.78 is 0. The minimum atomic E-state index is -0.333. The molecule has 0 aliphatic carbocycles. The highest BCUT2D eigenvalue weighted by molar-refractivity contribution is 5.54. The number of benzene rings is 1. The topological polar surface area (TPSA) is 58.4 Å². The van der Waals surface area contributed by atoms with Gasteiger partial charge < -0.3 is 10.2 Å². The van der Waals surface area contributed by atoms with Gasteiger partial charge in [-0.05, 0) is 45.7 Å².